The second-order valence-corrected chi connectivity index (χ2v) is 6.94. The van der Waals surface area contributed by atoms with E-state index in [-0.39, 0.29) is 17.9 Å². The van der Waals surface area contributed by atoms with E-state index < -0.39 is 0 Å². The number of hydrogen-bond acceptors (Lipinski definition) is 3. The lowest BCUT2D eigenvalue weighted by molar-refractivity contribution is 0.0933. The molecule has 0 fully saturated rings. The lowest BCUT2D eigenvalue weighted by atomic mass is 10.1. The van der Waals surface area contributed by atoms with Crippen LogP contribution in [0.25, 0.3) is 0 Å². The number of imidazole rings is 1. The molecule has 2 heterocycles. The van der Waals surface area contributed by atoms with Crippen molar-refractivity contribution in [2.24, 2.45) is 0 Å². The van der Waals surface area contributed by atoms with Gasteiger partial charge in [0, 0.05) is 18.3 Å². The number of benzene rings is 1. The van der Waals surface area contributed by atoms with Crippen molar-refractivity contribution in [1.82, 2.24) is 14.9 Å². The molecule has 6 heteroatoms. The Balaban J connectivity index is 1.88. The zero-order valence-corrected chi connectivity index (χ0v) is 15.6. The van der Waals surface area contributed by atoms with Crippen LogP contribution in [0, 0.1) is 6.92 Å². The fourth-order valence-electron chi connectivity index (χ4n) is 3.12. The third-order valence-electron chi connectivity index (χ3n) is 4.84. The van der Waals surface area contributed by atoms with E-state index in [2.05, 4.69) is 15.6 Å². The van der Waals surface area contributed by atoms with Crippen LogP contribution in [0.5, 0.6) is 0 Å². The van der Waals surface area contributed by atoms with Crippen LogP contribution in [0.15, 0.2) is 24.3 Å². The summed E-state index contributed by atoms with van der Waals surface area (Å²) in [4.78, 5) is 29.8. The third-order valence-corrected chi connectivity index (χ3v) is 4.84. The molecule has 26 heavy (non-hydrogen) atoms. The van der Waals surface area contributed by atoms with Crippen molar-refractivity contribution in [2.45, 2.75) is 59.0 Å². The normalized spacial score (nSPS) is 14.4. The number of carbonyl (C=O) groups excluding carboxylic acids is 2. The van der Waals surface area contributed by atoms with Gasteiger partial charge in [0.1, 0.15) is 5.69 Å². The van der Waals surface area contributed by atoms with Gasteiger partial charge in [0.25, 0.3) is 11.8 Å². The Labute approximate surface area is 154 Å². The Hall–Kier alpha value is -2.63. The summed E-state index contributed by atoms with van der Waals surface area (Å²) in [6, 6.07) is 7.70. The van der Waals surface area contributed by atoms with E-state index >= 15 is 0 Å². The van der Waals surface area contributed by atoms with E-state index in [1.54, 1.807) is 0 Å². The summed E-state index contributed by atoms with van der Waals surface area (Å²) < 4.78 is 1.90. The summed E-state index contributed by atoms with van der Waals surface area (Å²) in [6.45, 7) is 6.70. The van der Waals surface area contributed by atoms with Crippen LogP contribution < -0.4 is 10.6 Å². The third kappa shape index (κ3) is 3.79. The highest BCUT2D eigenvalue weighted by Crippen LogP contribution is 2.22. The zero-order chi connectivity index (χ0) is 18.7. The molecule has 1 atom stereocenters. The molecular formula is C20H26N4O2. The maximum absolute atomic E-state index is 12.8. The second kappa shape index (κ2) is 7.72. The monoisotopic (exact) mass is 354 g/mol. The largest absolute Gasteiger partial charge is 0.348 e. The number of amides is 2. The molecule has 0 radical (unpaired) electrons. The predicted molar refractivity (Wildman–Crippen MR) is 102 cm³/mol. The van der Waals surface area contributed by atoms with Crippen LogP contribution in [0.1, 0.15) is 65.5 Å². The molecule has 2 amide bonds. The summed E-state index contributed by atoms with van der Waals surface area (Å²) in [7, 11) is 0. The number of carbonyl (C=O) groups is 2. The van der Waals surface area contributed by atoms with E-state index in [1.807, 2.05) is 49.6 Å². The number of nitrogens with one attached hydrogen (secondary N) is 2. The molecule has 0 bridgehead atoms. The van der Waals surface area contributed by atoms with Crippen molar-refractivity contribution < 1.29 is 9.59 Å². The highest BCUT2D eigenvalue weighted by atomic mass is 16.2. The minimum absolute atomic E-state index is 0.0771. The number of rotatable bonds is 5. The van der Waals surface area contributed by atoms with Gasteiger partial charge in [-0.25, -0.2) is 4.98 Å². The molecule has 1 aromatic carbocycles. The van der Waals surface area contributed by atoms with Crippen LogP contribution >= 0.6 is 0 Å². The minimum Gasteiger partial charge on any atom is -0.348 e. The van der Waals surface area contributed by atoms with E-state index in [0.717, 1.165) is 49.2 Å². The Kier molecular flexibility index (Phi) is 5.40. The van der Waals surface area contributed by atoms with Crippen LogP contribution in [0.3, 0.4) is 0 Å². The molecule has 0 saturated carbocycles. The number of nitrogens with zero attached hydrogens (tertiary/aromatic N) is 2. The number of anilines is 1. The average Bonchev–Trinajstić information content (AvgIpc) is 3.03. The quantitative estimate of drug-likeness (QED) is 0.865. The van der Waals surface area contributed by atoms with Crippen LogP contribution in [0.4, 0.5) is 5.69 Å². The van der Waals surface area contributed by atoms with E-state index in [0.29, 0.717) is 11.5 Å². The number of aryl methyl sites for hydroxylation is 1. The number of aromatic nitrogens is 2. The zero-order valence-electron chi connectivity index (χ0n) is 15.6. The number of fused-ring (bicyclic) bond motifs is 1. The molecule has 0 spiro atoms. The molecule has 2 aromatic rings. The molecule has 1 aromatic heterocycles. The van der Waals surface area contributed by atoms with Gasteiger partial charge in [-0.2, -0.15) is 0 Å². The first-order chi connectivity index (χ1) is 12.5. The van der Waals surface area contributed by atoms with Gasteiger partial charge in [0.15, 0.2) is 5.82 Å². The molecule has 0 aliphatic carbocycles. The van der Waals surface area contributed by atoms with Gasteiger partial charge in [-0.1, -0.05) is 24.6 Å². The molecule has 6 nitrogen and oxygen atoms in total. The van der Waals surface area contributed by atoms with Crippen LogP contribution in [-0.4, -0.2) is 27.4 Å². The molecule has 0 saturated heterocycles. The SMILES string of the molecule is CCC(C)NC(=O)c1nc(C(=O)Nc2ccc(C)cc2)n2c1CCCC2. The first-order valence-corrected chi connectivity index (χ1v) is 9.28. The van der Waals surface area contributed by atoms with Crippen molar-refractivity contribution in [3.63, 3.8) is 0 Å². The summed E-state index contributed by atoms with van der Waals surface area (Å²) in [5, 5.41) is 5.84. The van der Waals surface area contributed by atoms with Gasteiger partial charge in [0.05, 0.1) is 5.69 Å². The topological polar surface area (TPSA) is 76.0 Å². The van der Waals surface area contributed by atoms with Crippen molar-refractivity contribution in [3.8, 4) is 0 Å². The van der Waals surface area contributed by atoms with Crippen molar-refractivity contribution in [3.05, 3.63) is 47.0 Å². The first-order valence-electron chi connectivity index (χ1n) is 9.28. The van der Waals surface area contributed by atoms with E-state index in [9.17, 15) is 9.59 Å². The van der Waals surface area contributed by atoms with E-state index in [4.69, 9.17) is 0 Å². The maximum atomic E-state index is 12.8. The maximum Gasteiger partial charge on any atom is 0.291 e. The first kappa shape index (κ1) is 18.2. The standard InChI is InChI=1S/C20H26N4O2/c1-4-14(3)21-19(25)17-16-7-5-6-12-24(16)18(23-17)20(26)22-15-10-8-13(2)9-11-15/h8-11,14H,4-7,12H2,1-3H3,(H,21,25)(H,22,26). The fraction of sp³-hybridized carbons (Fsp3) is 0.450. The Morgan fingerprint density at radius 2 is 1.92 bits per heavy atom. The number of hydrogen-bond donors (Lipinski definition) is 2. The Morgan fingerprint density at radius 1 is 1.19 bits per heavy atom. The molecule has 3 rings (SSSR count). The fourth-order valence-corrected chi connectivity index (χ4v) is 3.12. The minimum atomic E-state index is -0.278. The molecule has 1 aliphatic rings. The molecular weight excluding hydrogens is 328 g/mol. The predicted octanol–water partition coefficient (Wildman–Crippen LogP) is 3.31. The van der Waals surface area contributed by atoms with Gasteiger partial charge in [-0.3, -0.25) is 9.59 Å². The van der Waals surface area contributed by atoms with Gasteiger partial charge >= 0.3 is 0 Å². The summed E-state index contributed by atoms with van der Waals surface area (Å²) in [5.41, 5.74) is 3.11. The van der Waals surface area contributed by atoms with Crippen LogP contribution in [-0.2, 0) is 13.0 Å². The Bertz CT molecular complexity index is 808. The van der Waals surface area contributed by atoms with Crippen molar-refractivity contribution in [1.29, 1.82) is 0 Å². The van der Waals surface area contributed by atoms with Gasteiger partial charge in [0.2, 0.25) is 0 Å². The lowest BCUT2D eigenvalue weighted by Crippen LogP contribution is -2.33. The molecule has 1 unspecified atom stereocenters. The average molecular weight is 354 g/mol. The van der Waals surface area contributed by atoms with Gasteiger partial charge in [-0.15, -0.1) is 0 Å². The highest BCUT2D eigenvalue weighted by molar-refractivity contribution is 6.03. The second-order valence-electron chi connectivity index (χ2n) is 6.94. The van der Waals surface area contributed by atoms with Crippen molar-refractivity contribution >= 4 is 17.5 Å². The van der Waals surface area contributed by atoms with Crippen LogP contribution in [0.2, 0.25) is 0 Å². The lowest BCUT2D eigenvalue weighted by Gasteiger charge is -2.17. The highest BCUT2D eigenvalue weighted by Gasteiger charge is 2.27. The summed E-state index contributed by atoms with van der Waals surface area (Å²) >= 11 is 0. The smallest absolute Gasteiger partial charge is 0.291 e. The summed E-state index contributed by atoms with van der Waals surface area (Å²) in [6.07, 6.45) is 3.62. The van der Waals surface area contributed by atoms with Crippen molar-refractivity contribution in [2.75, 3.05) is 5.32 Å². The molecule has 2 N–H and O–H groups in total. The molecule has 138 valence electrons. The summed E-state index contributed by atoms with van der Waals surface area (Å²) in [5.74, 6) is -0.159. The van der Waals surface area contributed by atoms with Gasteiger partial charge in [-0.05, 0) is 51.7 Å². The van der Waals surface area contributed by atoms with Gasteiger partial charge < -0.3 is 15.2 Å². The Morgan fingerprint density at radius 3 is 2.62 bits per heavy atom. The van der Waals surface area contributed by atoms with E-state index in [1.165, 1.54) is 0 Å². The molecule has 1 aliphatic heterocycles.